The van der Waals surface area contributed by atoms with Crippen molar-refractivity contribution in [3.8, 4) is 12.1 Å². The van der Waals surface area contributed by atoms with Crippen molar-refractivity contribution in [1.82, 2.24) is 0 Å². The zero-order valence-electron chi connectivity index (χ0n) is 11.2. The van der Waals surface area contributed by atoms with Gasteiger partial charge in [-0.2, -0.15) is 10.5 Å². The Labute approximate surface area is 113 Å². The van der Waals surface area contributed by atoms with Crippen LogP contribution in [0.3, 0.4) is 0 Å². The lowest BCUT2D eigenvalue weighted by atomic mass is 9.86. The fraction of sp³-hybridized carbons (Fsp3) is 0.400. The molecule has 0 aliphatic rings. The van der Waals surface area contributed by atoms with Gasteiger partial charge >= 0.3 is 0 Å². The Morgan fingerprint density at radius 3 is 2.63 bits per heavy atom. The van der Waals surface area contributed by atoms with Crippen molar-refractivity contribution in [2.45, 2.75) is 32.6 Å². The van der Waals surface area contributed by atoms with Crippen LogP contribution in [0.25, 0.3) is 0 Å². The average Bonchev–Trinajstić information content (AvgIpc) is 2.36. The lowest BCUT2D eigenvalue weighted by molar-refractivity contribution is -0.115. The molecule has 1 rings (SSSR count). The summed E-state index contributed by atoms with van der Waals surface area (Å²) >= 11 is 0. The molecule has 0 heterocycles. The summed E-state index contributed by atoms with van der Waals surface area (Å²) in [6, 6.07) is 11.5. The summed E-state index contributed by atoms with van der Waals surface area (Å²) in [6.45, 7) is 4.14. The maximum absolute atomic E-state index is 11.4. The van der Waals surface area contributed by atoms with E-state index in [1.165, 1.54) is 0 Å². The summed E-state index contributed by atoms with van der Waals surface area (Å²) in [5.74, 6) is 0.184. The number of amides is 1. The van der Waals surface area contributed by atoms with Crippen LogP contribution < -0.4 is 5.32 Å². The SMILES string of the molecule is CC(C)C(CC#N)c1cccc(NC(=O)CC#N)c1. The van der Waals surface area contributed by atoms with Gasteiger partial charge in [-0.3, -0.25) is 4.79 Å². The van der Waals surface area contributed by atoms with Gasteiger partial charge in [0, 0.05) is 12.1 Å². The molecule has 0 saturated carbocycles. The summed E-state index contributed by atoms with van der Waals surface area (Å²) in [5.41, 5.74) is 1.70. The average molecular weight is 255 g/mol. The number of hydrogen-bond donors (Lipinski definition) is 1. The van der Waals surface area contributed by atoms with Crippen LogP contribution in [-0.4, -0.2) is 5.91 Å². The second-order valence-electron chi connectivity index (χ2n) is 4.72. The van der Waals surface area contributed by atoms with E-state index in [0.29, 0.717) is 18.0 Å². The van der Waals surface area contributed by atoms with Gasteiger partial charge < -0.3 is 5.32 Å². The Morgan fingerprint density at radius 2 is 2.05 bits per heavy atom. The number of benzene rings is 1. The van der Waals surface area contributed by atoms with E-state index < -0.39 is 0 Å². The van der Waals surface area contributed by atoms with Crippen molar-refractivity contribution >= 4 is 11.6 Å². The van der Waals surface area contributed by atoms with Crippen LogP contribution in [0.15, 0.2) is 24.3 Å². The highest BCUT2D eigenvalue weighted by atomic mass is 16.1. The van der Waals surface area contributed by atoms with Gasteiger partial charge in [-0.05, 0) is 29.5 Å². The molecule has 0 fully saturated rings. The Balaban J connectivity index is 2.90. The molecule has 4 heteroatoms. The number of hydrogen-bond acceptors (Lipinski definition) is 3. The maximum Gasteiger partial charge on any atom is 0.238 e. The first-order valence-corrected chi connectivity index (χ1v) is 6.22. The Kier molecular flexibility index (Phi) is 5.57. The largest absolute Gasteiger partial charge is 0.325 e. The van der Waals surface area contributed by atoms with Crippen LogP contribution in [0.4, 0.5) is 5.69 Å². The summed E-state index contributed by atoms with van der Waals surface area (Å²) in [4.78, 5) is 11.4. The predicted molar refractivity (Wildman–Crippen MR) is 73.1 cm³/mol. The molecule has 1 amide bonds. The van der Waals surface area contributed by atoms with Gasteiger partial charge in [0.05, 0.1) is 12.1 Å². The molecule has 19 heavy (non-hydrogen) atoms. The fourth-order valence-electron chi connectivity index (χ4n) is 1.96. The van der Waals surface area contributed by atoms with Gasteiger partial charge in [0.25, 0.3) is 0 Å². The minimum Gasteiger partial charge on any atom is -0.325 e. The van der Waals surface area contributed by atoms with Gasteiger partial charge in [0.2, 0.25) is 5.91 Å². The molecule has 1 aromatic rings. The molecule has 98 valence electrons. The number of carbonyl (C=O) groups excluding carboxylic acids is 1. The second-order valence-corrected chi connectivity index (χ2v) is 4.72. The molecule has 0 spiro atoms. The summed E-state index contributed by atoms with van der Waals surface area (Å²) in [6.07, 6.45) is 0.295. The molecule has 0 aromatic heterocycles. The highest BCUT2D eigenvalue weighted by Gasteiger charge is 2.16. The molecule has 4 nitrogen and oxygen atoms in total. The van der Waals surface area contributed by atoms with E-state index in [2.05, 4.69) is 25.2 Å². The molecular weight excluding hydrogens is 238 g/mol. The molecule has 0 aliphatic heterocycles. The third-order valence-electron chi connectivity index (χ3n) is 2.95. The van der Waals surface area contributed by atoms with E-state index in [-0.39, 0.29) is 18.2 Å². The van der Waals surface area contributed by atoms with Crippen LogP contribution in [0.1, 0.15) is 38.2 Å². The van der Waals surface area contributed by atoms with Gasteiger partial charge in [-0.1, -0.05) is 26.0 Å². The monoisotopic (exact) mass is 255 g/mol. The number of nitriles is 2. The van der Waals surface area contributed by atoms with Crippen molar-refractivity contribution in [2.75, 3.05) is 5.32 Å². The van der Waals surface area contributed by atoms with Crippen LogP contribution in [0.2, 0.25) is 0 Å². The Hall–Kier alpha value is -2.33. The molecule has 0 radical (unpaired) electrons. The van der Waals surface area contributed by atoms with Gasteiger partial charge in [0.1, 0.15) is 6.42 Å². The Morgan fingerprint density at radius 1 is 1.32 bits per heavy atom. The summed E-state index contributed by atoms with van der Waals surface area (Å²) in [5, 5.41) is 20.0. The minimum absolute atomic E-state index is 0.151. The normalized spacial score (nSPS) is 11.4. The van der Waals surface area contributed by atoms with Crippen molar-refractivity contribution in [1.29, 1.82) is 10.5 Å². The highest BCUT2D eigenvalue weighted by molar-refractivity contribution is 5.92. The van der Waals surface area contributed by atoms with E-state index in [1.54, 1.807) is 6.07 Å². The Bertz CT molecular complexity index is 523. The van der Waals surface area contributed by atoms with Gasteiger partial charge in [0.15, 0.2) is 0 Å². The van der Waals surface area contributed by atoms with E-state index in [0.717, 1.165) is 5.56 Å². The summed E-state index contributed by atoms with van der Waals surface area (Å²) < 4.78 is 0. The molecule has 1 N–H and O–H groups in total. The fourth-order valence-corrected chi connectivity index (χ4v) is 1.96. The standard InChI is InChI=1S/C15H17N3O/c1-11(2)14(6-8-16)12-4-3-5-13(10-12)18-15(19)7-9-17/h3-5,10-11,14H,6-7H2,1-2H3,(H,18,19). The highest BCUT2D eigenvalue weighted by Crippen LogP contribution is 2.29. The first-order chi connectivity index (χ1) is 9.08. The van der Waals surface area contributed by atoms with Crippen molar-refractivity contribution in [3.05, 3.63) is 29.8 Å². The van der Waals surface area contributed by atoms with Crippen molar-refractivity contribution in [2.24, 2.45) is 5.92 Å². The number of nitrogens with zero attached hydrogens (tertiary/aromatic N) is 2. The number of carbonyl (C=O) groups is 1. The molecule has 0 aliphatic carbocycles. The third-order valence-corrected chi connectivity index (χ3v) is 2.95. The van der Waals surface area contributed by atoms with E-state index in [9.17, 15) is 4.79 Å². The molecule has 1 aromatic carbocycles. The van der Waals surface area contributed by atoms with Crippen LogP contribution in [-0.2, 0) is 4.79 Å². The van der Waals surface area contributed by atoms with Crippen molar-refractivity contribution in [3.63, 3.8) is 0 Å². The smallest absolute Gasteiger partial charge is 0.238 e. The third kappa shape index (κ3) is 4.44. The van der Waals surface area contributed by atoms with Gasteiger partial charge in [-0.15, -0.1) is 0 Å². The minimum atomic E-state index is -0.318. The van der Waals surface area contributed by atoms with Gasteiger partial charge in [-0.25, -0.2) is 0 Å². The first kappa shape index (κ1) is 14.7. The van der Waals surface area contributed by atoms with Crippen LogP contribution >= 0.6 is 0 Å². The molecular formula is C15H17N3O. The maximum atomic E-state index is 11.4. The quantitative estimate of drug-likeness (QED) is 0.877. The topological polar surface area (TPSA) is 76.7 Å². The predicted octanol–water partition coefficient (Wildman–Crippen LogP) is 3.19. The molecule has 0 saturated heterocycles. The zero-order valence-corrected chi connectivity index (χ0v) is 11.2. The number of anilines is 1. The lowest BCUT2D eigenvalue weighted by Crippen LogP contribution is -2.11. The van der Waals surface area contributed by atoms with Crippen LogP contribution in [0.5, 0.6) is 0 Å². The molecule has 1 atom stereocenters. The molecule has 0 bridgehead atoms. The number of rotatable bonds is 5. The lowest BCUT2D eigenvalue weighted by Gasteiger charge is -2.19. The van der Waals surface area contributed by atoms with Crippen molar-refractivity contribution < 1.29 is 4.79 Å². The van der Waals surface area contributed by atoms with Crippen LogP contribution in [0, 0.1) is 28.6 Å². The van der Waals surface area contributed by atoms with E-state index >= 15 is 0 Å². The zero-order chi connectivity index (χ0) is 14.3. The number of nitrogens with one attached hydrogen (secondary N) is 1. The summed E-state index contributed by atoms with van der Waals surface area (Å²) in [7, 11) is 0. The second kappa shape index (κ2) is 7.18. The first-order valence-electron chi connectivity index (χ1n) is 6.22. The van der Waals surface area contributed by atoms with E-state index in [1.807, 2.05) is 24.3 Å². The van der Waals surface area contributed by atoms with E-state index in [4.69, 9.17) is 10.5 Å². The molecule has 1 unspecified atom stereocenters.